The number of hydrogen-bond acceptors (Lipinski definition) is 7. The van der Waals surface area contributed by atoms with E-state index < -0.39 is 0 Å². The van der Waals surface area contributed by atoms with E-state index in [1.165, 1.54) is 4.68 Å². The summed E-state index contributed by atoms with van der Waals surface area (Å²) in [6, 6.07) is 6.39. The van der Waals surface area contributed by atoms with Crippen molar-refractivity contribution in [3.8, 4) is 0 Å². The van der Waals surface area contributed by atoms with E-state index >= 15 is 0 Å². The third-order valence-corrected chi connectivity index (χ3v) is 8.63. The number of likely N-dealkylation sites (tertiary alicyclic amines) is 1. The predicted octanol–water partition coefficient (Wildman–Crippen LogP) is 3.28. The van der Waals surface area contributed by atoms with E-state index in [2.05, 4.69) is 32.1 Å². The van der Waals surface area contributed by atoms with Crippen molar-refractivity contribution in [1.29, 1.82) is 0 Å². The fraction of sp³-hybridized carbons (Fsp3) is 0.444. The molecular formula is C27H30ClN7O2. The topological polar surface area (TPSA) is 88.6 Å². The Hall–Kier alpha value is -3.30. The van der Waals surface area contributed by atoms with E-state index in [9.17, 15) is 9.59 Å². The molecule has 0 amide bonds. The number of pyridine rings is 1. The van der Waals surface area contributed by atoms with Crippen LogP contribution in [0.2, 0.25) is 5.02 Å². The molecule has 0 N–H and O–H groups in total. The summed E-state index contributed by atoms with van der Waals surface area (Å²) in [7, 11) is 3.66. The summed E-state index contributed by atoms with van der Waals surface area (Å²) in [6.07, 6.45) is 8.48. The van der Waals surface area contributed by atoms with Crippen molar-refractivity contribution >= 4 is 40.0 Å². The van der Waals surface area contributed by atoms with Crippen LogP contribution in [-0.4, -0.2) is 68.3 Å². The number of rotatable bonds is 7. The van der Waals surface area contributed by atoms with Gasteiger partial charge in [0, 0.05) is 50.5 Å². The minimum absolute atomic E-state index is 0.171. The smallest absolute Gasteiger partial charge is 0.274 e. The molecule has 6 rings (SSSR count). The quantitative estimate of drug-likeness (QED) is 0.346. The van der Waals surface area contributed by atoms with E-state index in [1.807, 2.05) is 35.7 Å². The zero-order valence-electron chi connectivity index (χ0n) is 21.3. The van der Waals surface area contributed by atoms with Crippen molar-refractivity contribution in [3.63, 3.8) is 0 Å². The summed E-state index contributed by atoms with van der Waals surface area (Å²) in [5.41, 5.74) is 4.23. The highest BCUT2D eigenvalue weighted by molar-refractivity contribution is 6.31. The van der Waals surface area contributed by atoms with Crippen molar-refractivity contribution < 1.29 is 4.79 Å². The lowest BCUT2D eigenvalue weighted by molar-refractivity contribution is -0.0714. The van der Waals surface area contributed by atoms with E-state index in [4.69, 9.17) is 11.6 Å². The molecule has 1 saturated heterocycles. The summed E-state index contributed by atoms with van der Waals surface area (Å²) in [5.74, 6) is 0. The van der Waals surface area contributed by atoms with Gasteiger partial charge in [-0.05, 0) is 67.8 Å². The van der Waals surface area contributed by atoms with Crippen LogP contribution in [0.5, 0.6) is 0 Å². The Bertz CT molecular complexity index is 1580. The molecule has 0 unspecified atom stereocenters. The molecule has 10 heteroatoms. The third kappa shape index (κ3) is 4.01. The molecule has 192 valence electrons. The molecule has 1 aliphatic carbocycles. The lowest BCUT2D eigenvalue weighted by atomic mass is 9.60. The molecule has 0 atom stereocenters. The second kappa shape index (κ2) is 8.92. The van der Waals surface area contributed by atoms with Gasteiger partial charge in [0.05, 0.1) is 10.4 Å². The molecule has 4 heterocycles. The minimum atomic E-state index is -0.171. The number of fused-ring (bicyclic) bond motifs is 2. The van der Waals surface area contributed by atoms with Crippen molar-refractivity contribution in [2.24, 2.45) is 12.5 Å². The number of aryl methyl sites for hydroxylation is 3. The molecule has 37 heavy (non-hydrogen) atoms. The van der Waals surface area contributed by atoms with E-state index in [0.29, 0.717) is 27.9 Å². The van der Waals surface area contributed by atoms with Gasteiger partial charge in [-0.2, -0.15) is 5.10 Å². The summed E-state index contributed by atoms with van der Waals surface area (Å²) < 4.78 is 3.09. The molecule has 1 saturated carbocycles. The van der Waals surface area contributed by atoms with Crippen LogP contribution in [-0.2, 0) is 13.5 Å². The highest BCUT2D eigenvalue weighted by Gasteiger charge is 2.53. The molecule has 0 bridgehead atoms. The zero-order valence-corrected chi connectivity index (χ0v) is 22.1. The van der Waals surface area contributed by atoms with Crippen LogP contribution in [0.15, 0.2) is 35.5 Å². The van der Waals surface area contributed by atoms with Crippen LogP contribution >= 0.6 is 11.6 Å². The molecule has 0 radical (unpaired) electrons. The number of aldehydes is 1. The molecule has 4 aromatic rings. The third-order valence-electron chi connectivity index (χ3n) is 8.29. The standard InChI is InChI=1S/C27H30ClN7O2/c1-17-6-7-22(25-21(13-36)31-33(3)26(37)24(17)25)32(2)19-10-27(11-19)14-34(15-27)8-4-5-18-9-23-30-29-16-35(23)12-20(18)28/h6-7,9,12-13,16,19H,4-5,8,10-11,14-15H2,1-3H3. The molecule has 1 aromatic carbocycles. The van der Waals surface area contributed by atoms with E-state index in [-0.39, 0.29) is 5.56 Å². The monoisotopic (exact) mass is 519 g/mol. The van der Waals surface area contributed by atoms with Gasteiger partial charge in [-0.15, -0.1) is 10.2 Å². The number of nitrogens with zero attached hydrogens (tertiary/aromatic N) is 7. The number of aromatic nitrogens is 5. The second-order valence-electron chi connectivity index (χ2n) is 10.8. The Morgan fingerprint density at radius 2 is 2.03 bits per heavy atom. The van der Waals surface area contributed by atoms with Crippen molar-refractivity contribution in [2.75, 3.05) is 31.6 Å². The largest absolute Gasteiger partial charge is 0.371 e. The van der Waals surface area contributed by atoms with Crippen molar-refractivity contribution in [1.82, 2.24) is 29.3 Å². The van der Waals surface area contributed by atoms with Crippen LogP contribution in [0.25, 0.3) is 16.4 Å². The van der Waals surface area contributed by atoms with Gasteiger partial charge >= 0.3 is 0 Å². The first kappa shape index (κ1) is 24.1. The second-order valence-corrected chi connectivity index (χ2v) is 11.2. The molecule has 2 fully saturated rings. The van der Waals surface area contributed by atoms with Gasteiger partial charge in [-0.25, -0.2) is 4.68 Å². The van der Waals surface area contributed by atoms with Gasteiger partial charge in [0.2, 0.25) is 0 Å². The van der Waals surface area contributed by atoms with Gasteiger partial charge in [0.25, 0.3) is 5.56 Å². The van der Waals surface area contributed by atoms with Crippen molar-refractivity contribution in [3.05, 3.63) is 62.9 Å². The van der Waals surface area contributed by atoms with Gasteiger partial charge in [0.15, 0.2) is 11.9 Å². The van der Waals surface area contributed by atoms with Gasteiger partial charge in [0.1, 0.15) is 12.0 Å². The molecule has 3 aromatic heterocycles. The number of halogens is 1. The summed E-state index contributed by atoms with van der Waals surface area (Å²) in [5, 5.41) is 14.3. The average molecular weight is 520 g/mol. The molecule has 1 aliphatic heterocycles. The number of carbonyl (C=O) groups excluding carboxylic acids is 1. The first-order valence-electron chi connectivity index (χ1n) is 12.7. The Labute approximate surface area is 219 Å². The first-order chi connectivity index (χ1) is 17.8. The summed E-state index contributed by atoms with van der Waals surface area (Å²) in [6.45, 7) is 5.19. The predicted molar refractivity (Wildman–Crippen MR) is 144 cm³/mol. The van der Waals surface area contributed by atoms with Crippen LogP contribution in [0.1, 0.15) is 40.9 Å². The maximum absolute atomic E-state index is 12.8. The zero-order chi connectivity index (χ0) is 25.9. The normalized spacial score (nSPS) is 17.3. The summed E-state index contributed by atoms with van der Waals surface area (Å²) >= 11 is 6.44. The maximum atomic E-state index is 12.8. The van der Waals surface area contributed by atoms with Crippen molar-refractivity contribution in [2.45, 2.75) is 38.6 Å². The van der Waals surface area contributed by atoms with Gasteiger partial charge in [-0.3, -0.25) is 14.0 Å². The number of benzene rings is 1. The fourth-order valence-corrected chi connectivity index (χ4v) is 6.58. The summed E-state index contributed by atoms with van der Waals surface area (Å²) in [4.78, 5) is 29.4. The highest BCUT2D eigenvalue weighted by Crippen LogP contribution is 2.51. The lowest BCUT2D eigenvalue weighted by Crippen LogP contribution is -2.66. The van der Waals surface area contributed by atoms with E-state index in [1.54, 1.807) is 13.4 Å². The SMILES string of the molecule is Cc1ccc(N(C)C2CC3(C2)CN(CCCc2cc4nncn4cc2Cl)C3)c2c(C=O)nn(C)c(=O)c12. The van der Waals surface area contributed by atoms with E-state index in [0.717, 1.165) is 79.1 Å². The van der Waals surface area contributed by atoms with Gasteiger partial charge in [-0.1, -0.05) is 17.7 Å². The molecular weight excluding hydrogens is 490 g/mol. The van der Waals surface area contributed by atoms with Crippen LogP contribution < -0.4 is 10.5 Å². The Balaban J connectivity index is 1.08. The number of anilines is 1. The first-order valence-corrected chi connectivity index (χ1v) is 13.1. The average Bonchev–Trinajstić information content (AvgIpc) is 3.28. The molecule has 2 aliphatic rings. The molecule has 1 spiro atoms. The Morgan fingerprint density at radius 3 is 2.78 bits per heavy atom. The maximum Gasteiger partial charge on any atom is 0.274 e. The Morgan fingerprint density at radius 1 is 1.24 bits per heavy atom. The minimum Gasteiger partial charge on any atom is -0.371 e. The van der Waals surface area contributed by atoms with Crippen LogP contribution in [0, 0.1) is 12.3 Å². The lowest BCUT2D eigenvalue weighted by Gasteiger charge is -2.61. The molecule has 9 nitrogen and oxygen atoms in total. The Kier molecular flexibility index (Phi) is 5.80. The van der Waals surface area contributed by atoms with Crippen LogP contribution in [0.4, 0.5) is 5.69 Å². The highest BCUT2D eigenvalue weighted by atomic mass is 35.5. The fourth-order valence-electron chi connectivity index (χ4n) is 6.32. The van der Waals surface area contributed by atoms with Crippen LogP contribution in [0.3, 0.4) is 0 Å². The number of carbonyl (C=O) groups is 1. The van der Waals surface area contributed by atoms with Gasteiger partial charge < -0.3 is 9.80 Å². The number of hydrogen-bond donors (Lipinski definition) is 0.